The number of benzene rings is 1. The SMILES string of the molecule is CC1=CCCC=C1C(=O)Oc1ccc(/C=C2\SC(=S)N(SCC(=O)O)C2=O)cc1. The van der Waals surface area contributed by atoms with Gasteiger partial charge in [-0.1, -0.05) is 48.3 Å². The normalized spacial score (nSPS) is 18.0. The molecule has 9 heteroatoms. The maximum Gasteiger partial charge on any atom is 0.343 e. The molecule has 1 aromatic rings. The molecule has 0 bridgehead atoms. The molecule has 1 N–H and O–H groups in total. The molecule has 3 rings (SSSR count). The van der Waals surface area contributed by atoms with Crippen LogP contribution in [0.2, 0.25) is 0 Å². The number of carbonyl (C=O) groups excluding carboxylic acids is 2. The monoisotopic (exact) mass is 447 g/mol. The summed E-state index contributed by atoms with van der Waals surface area (Å²) in [5, 5.41) is 8.77. The first-order chi connectivity index (χ1) is 13.8. The minimum Gasteiger partial charge on any atom is -0.481 e. The summed E-state index contributed by atoms with van der Waals surface area (Å²) in [7, 11) is 0. The average Bonchev–Trinajstić information content (AvgIpc) is 2.94. The van der Waals surface area contributed by atoms with Gasteiger partial charge in [0.2, 0.25) is 0 Å². The molecule has 0 aromatic heterocycles. The Morgan fingerprint density at radius 2 is 1.97 bits per heavy atom. The number of rotatable bonds is 6. The lowest BCUT2D eigenvalue weighted by Crippen LogP contribution is -2.22. The standard InChI is InChI=1S/C20H17NO5S3/c1-12-4-2-3-5-15(12)19(25)26-14-8-6-13(7-9-14)10-16-18(24)21(20(27)29-16)28-11-17(22)23/h4-10H,2-3,11H2,1H3,(H,22,23)/b16-10-. The molecular weight excluding hydrogens is 430 g/mol. The maximum atomic E-state index is 12.4. The van der Waals surface area contributed by atoms with Crippen molar-refractivity contribution >= 4 is 64.2 Å². The van der Waals surface area contributed by atoms with Gasteiger partial charge >= 0.3 is 11.9 Å². The summed E-state index contributed by atoms with van der Waals surface area (Å²) in [6.07, 6.45) is 7.33. The molecular formula is C20H17NO5S3. The van der Waals surface area contributed by atoms with Crippen LogP contribution in [0.5, 0.6) is 5.75 Å². The van der Waals surface area contributed by atoms with Crippen LogP contribution < -0.4 is 4.74 Å². The summed E-state index contributed by atoms with van der Waals surface area (Å²) in [6, 6.07) is 6.78. The van der Waals surface area contributed by atoms with Crippen LogP contribution in [0.1, 0.15) is 25.3 Å². The zero-order chi connectivity index (χ0) is 21.0. The summed E-state index contributed by atoms with van der Waals surface area (Å²) in [5.74, 6) is -1.58. The van der Waals surface area contributed by atoms with E-state index in [0.29, 0.717) is 20.5 Å². The molecule has 29 heavy (non-hydrogen) atoms. The fraction of sp³-hybridized carbons (Fsp3) is 0.200. The highest BCUT2D eigenvalue weighted by Gasteiger charge is 2.33. The first-order valence-electron chi connectivity index (χ1n) is 8.67. The van der Waals surface area contributed by atoms with Crippen LogP contribution in [-0.4, -0.2) is 37.3 Å². The molecule has 1 amide bonds. The Morgan fingerprint density at radius 3 is 2.62 bits per heavy atom. The summed E-state index contributed by atoms with van der Waals surface area (Å²) < 4.78 is 6.95. The van der Waals surface area contributed by atoms with Crippen molar-refractivity contribution in [3.63, 3.8) is 0 Å². The number of nitrogens with zero attached hydrogens (tertiary/aromatic N) is 1. The highest BCUT2D eigenvalue weighted by atomic mass is 32.2. The van der Waals surface area contributed by atoms with Crippen molar-refractivity contribution in [1.82, 2.24) is 4.31 Å². The van der Waals surface area contributed by atoms with Gasteiger partial charge in [-0.25, -0.2) is 9.10 Å². The topological polar surface area (TPSA) is 83.9 Å². The molecule has 1 aliphatic heterocycles. The van der Waals surface area contributed by atoms with Crippen molar-refractivity contribution < 1.29 is 24.2 Å². The molecule has 1 aromatic carbocycles. The summed E-state index contributed by atoms with van der Waals surface area (Å²) in [4.78, 5) is 35.8. The fourth-order valence-corrected chi connectivity index (χ4v) is 4.80. The van der Waals surface area contributed by atoms with E-state index in [0.717, 1.165) is 47.7 Å². The van der Waals surface area contributed by atoms with E-state index in [2.05, 4.69) is 0 Å². The second kappa shape index (κ2) is 9.43. The Hall–Kier alpha value is -2.36. The van der Waals surface area contributed by atoms with E-state index in [1.807, 2.05) is 19.1 Å². The van der Waals surface area contributed by atoms with Crippen LogP contribution in [-0.2, 0) is 14.4 Å². The highest BCUT2D eigenvalue weighted by molar-refractivity contribution is 8.28. The Balaban J connectivity index is 1.66. The first-order valence-corrected chi connectivity index (χ1v) is 10.8. The third kappa shape index (κ3) is 5.37. The molecule has 0 radical (unpaired) electrons. The number of allylic oxidation sites excluding steroid dienone is 2. The number of carbonyl (C=O) groups is 3. The number of esters is 1. The Bertz CT molecular complexity index is 963. The summed E-state index contributed by atoms with van der Waals surface area (Å²) in [5.41, 5.74) is 2.24. The lowest BCUT2D eigenvalue weighted by Gasteiger charge is -2.12. The zero-order valence-electron chi connectivity index (χ0n) is 15.4. The minimum atomic E-state index is -1.02. The maximum absolute atomic E-state index is 12.4. The third-order valence-electron chi connectivity index (χ3n) is 4.07. The number of ether oxygens (including phenoxy) is 1. The fourth-order valence-electron chi connectivity index (χ4n) is 2.67. The van der Waals surface area contributed by atoms with Crippen molar-refractivity contribution in [1.29, 1.82) is 0 Å². The van der Waals surface area contributed by atoms with E-state index >= 15 is 0 Å². The van der Waals surface area contributed by atoms with Crippen LogP contribution in [0.4, 0.5) is 0 Å². The Kier molecular flexibility index (Phi) is 6.94. The van der Waals surface area contributed by atoms with Crippen molar-refractivity contribution in [2.24, 2.45) is 0 Å². The molecule has 1 aliphatic carbocycles. The van der Waals surface area contributed by atoms with Gasteiger partial charge in [0.1, 0.15) is 11.5 Å². The molecule has 0 atom stereocenters. The molecule has 6 nitrogen and oxygen atoms in total. The van der Waals surface area contributed by atoms with Gasteiger partial charge in [-0.2, -0.15) is 0 Å². The van der Waals surface area contributed by atoms with Crippen LogP contribution in [0.3, 0.4) is 0 Å². The lowest BCUT2D eigenvalue weighted by atomic mass is 9.99. The van der Waals surface area contributed by atoms with E-state index in [-0.39, 0.29) is 17.6 Å². The van der Waals surface area contributed by atoms with E-state index in [1.54, 1.807) is 30.3 Å². The van der Waals surface area contributed by atoms with Crippen molar-refractivity contribution in [3.8, 4) is 5.75 Å². The smallest absolute Gasteiger partial charge is 0.343 e. The summed E-state index contributed by atoms with van der Waals surface area (Å²) >= 11 is 7.13. The van der Waals surface area contributed by atoms with Gasteiger partial charge in [0, 0.05) is 0 Å². The van der Waals surface area contributed by atoms with Gasteiger partial charge in [0.05, 0.1) is 10.5 Å². The van der Waals surface area contributed by atoms with Crippen molar-refractivity contribution in [2.75, 3.05) is 5.75 Å². The first kappa shape index (κ1) is 21.4. The number of carboxylic acids is 1. The molecule has 0 saturated carbocycles. The predicted octanol–water partition coefficient (Wildman–Crippen LogP) is 4.19. The molecule has 0 unspecified atom stereocenters. The number of aliphatic carboxylic acids is 1. The number of thioether (sulfide) groups is 1. The van der Waals surface area contributed by atoms with E-state index < -0.39 is 5.97 Å². The second-order valence-electron chi connectivity index (χ2n) is 6.18. The summed E-state index contributed by atoms with van der Waals surface area (Å²) in [6.45, 7) is 1.89. The second-order valence-corrected chi connectivity index (χ2v) is 8.77. The van der Waals surface area contributed by atoms with Gasteiger partial charge in [0.15, 0.2) is 4.32 Å². The zero-order valence-corrected chi connectivity index (χ0v) is 17.9. The number of thiocarbonyl (C=S) groups is 1. The lowest BCUT2D eigenvalue weighted by molar-refractivity contribution is -0.134. The van der Waals surface area contributed by atoms with Gasteiger partial charge in [-0.3, -0.25) is 9.59 Å². The van der Waals surface area contributed by atoms with Crippen LogP contribution in [0.15, 0.2) is 52.5 Å². The highest BCUT2D eigenvalue weighted by Crippen LogP contribution is 2.36. The predicted molar refractivity (Wildman–Crippen MR) is 118 cm³/mol. The third-order valence-corrected chi connectivity index (χ3v) is 6.59. The van der Waals surface area contributed by atoms with Crippen LogP contribution in [0, 0.1) is 0 Å². The van der Waals surface area contributed by atoms with Crippen molar-refractivity contribution in [2.45, 2.75) is 19.8 Å². The van der Waals surface area contributed by atoms with Crippen molar-refractivity contribution in [3.05, 3.63) is 58.0 Å². The van der Waals surface area contributed by atoms with Crippen LogP contribution >= 0.6 is 35.9 Å². The van der Waals surface area contributed by atoms with E-state index in [1.165, 1.54) is 4.31 Å². The molecule has 2 aliphatic rings. The average molecular weight is 448 g/mol. The Morgan fingerprint density at radius 1 is 1.28 bits per heavy atom. The minimum absolute atomic E-state index is 0.245. The number of amides is 1. The number of hydrogen-bond acceptors (Lipinski definition) is 7. The van der Waals surface area contributed by atoms with Gasteiger partial charge < -0.3 is 9.84 Å². The molecule has 1 heterocycles. The molecule has 150 valence electrons. The number of hydrogen-bond donors (Lipinski definition) is 1. The van der Waals surface area contributed by atoms with E-state index in [4.69, 9.17) is 22.1 Å². The van der Waals surface area contributed by atoms with Gasteiger partial charge in [-0.15, -0.1) is 0 Å². The number of carboxylic acid groups (broad SMARTS) is 1. The van der Waals surface area contributed by atoms with Gasteiger partial charge in [-0.05, 0) is 61.1 Å². The molecule has 1 saturated heterocycles. The molecule has 0 spiro atoms. The quantitative estimate of drug-likeness (QED) is 0.228. The Labute approximate surface area is 181 Å². The van der Waals surface area contributed by atoms with E-state index in [9.17, 15) is 14.4 Å². The van der Waals surface area contributed by atoms with Crippen LogP contribution in [0.25, 0.3) is 6.08 Å². The largest absolute Gasteiger partial charge is 0.481 e. The molecule has 1 fully saturated rings. The van der Waals surface area contributed by atoms with Gasteiger partial charge in [0.25, 0.3) is 5.91 Å².